The first kappa shape index (κ1) is 15.1. The lowest BCUT2D eigenvalue weighted by atomic mass is 9.70. The van der Waals surface area contributed by atoms with E-state index in [4.69, 9.17) is 4.74 Å². The minimum absolute atomic E-state index is 0.0959. The summed E-state index contributed by atoms with van der Waals surface area (Å²) in [4.78, 5) is 25.3. The Morgan fingerprint density at radius 1 is 1.32 bits per heavy atom. The van der Waals surface area contributed by atoms with Gasteiger partial charge in [0.2, 0.25) is 5.91 Å². The summed E-state index contributed by atoms with van der Waals surface area (Å²) in [6.45, 7) is 4.41. The molecule has 4 heteroatoms. The molecule has 118 valence electrons. The zero-order valence-corrected chi connectivity index (χ0v) is 13.4. The third kappa shape index (κ3) is 2.13. The van der Waals surface area contributed by atoms with Crippen molar-refractivity contribution >= 4 is 11.7 Å². The maximum absolute atomic E-state index is 12.7. The van der Waals surface area contributed by atoms with Gasteiger partial charge in [-0.05, 0) is 42.9 Å². The summed E-state index contributed by atoms with van der Waals surface area (Å²) in [7, 11) is 1.62. The van der Waals surface area contributed by atoms with E-state index in [1.807, 2.05) is 38.1 Å². The molecule has 2 aliphatic carbocycles. The first-order valence-electron chi connectivity index (χ1n) is 7.86. The molecule has 4 nitrogen and oxygen atoms in total. The summed E-state index contributed by atoms with van der Waals surface area (Å²) in [6, 6.07) is 7.59. The van der Waals surface area contributed by atoms with E-state index in [2.05, 4.69) is 5.32 Å². The van der Waals surface area contributed by atoms with Crippen molar-refractivity contribution in [3.8, 4) is 5.75 Å². The summed E-state index contributed by atoms with van der Waals surface area (Å²) in [5.41, 5.74) is -0.124. The third-order valence-electron chi connectivity index (χ3n) is 5.60. The van der Waals surface area contributed by atoms with Crippen molar-refractivity contribution in [3.05, 3.63) is 29.8 Å². The van der Waals surface area contributed by atoms with E-state index in [9.17, 15) is 9.59 Å². The summed E-state index contributed by atoms with van der Waals surface area (Å²) >= 11 is 0. The molecule has 2 atom stereocenters. The van der Waals surface area contributed by atoms with Crippen LogP contribution in [0.5, 0.6) is 5.75 Å². The van der Waals surface area contributed by atoms with Crippen LogP contribution in [0, 0.1) is 16.7 Å². The normalized spacial score (nSPS) is 28.7. The molecule has 0 spiro atoms. The monoisotopic (exact) mass is 301 g/mol. The number of fused-ring (bicyclic) bond motifs is 2. The number of ether oxygens (including phenoxy) is 1. The van der Waals surface area contributed by atoms with E-state index in [0.29, 0.717) is 25.3 Å². The number of nitrogens with one attached hydrogen (secondary N) is 1. The summed E-state index contributed by atoms with van der Waals surface area (Å²) < 4.78 is 5.12. The second-order valence-corrected chi connectivity index (χ2v) is 7.10. The molecule has 3 rings (SSSR count). The van der Waals surface area contributed by atoms with E-state index < -0.39 is 5.41 Å². The van der Waals surface area contributed by atoms with Gasteiger partial charge in [0.05, 0.1) is 7.11 Å². The van der Waals surface area contributed by atoms with Gasteiger partial charge >= 0.3 is 0 Å². The van der Waals surface area contributed by atoms with Gasteiger partial charge in [-0.2, -0.15) is 0 Å². The van der Waals surface area contributed by atoms with Crippen LogP contribution in [-0.2, 0) is 16.1 Å². The molecule has 0 aromatic heterocycles. The van der Waals surface area contributed by atoms with Crippen molar-refractivity contribution in [1.29, 1.82) is 0 Å². The largest absolute Gasteiger partial charge is 0.497 e. The van der Waals surface area contributed by atoms with Crippen LogP contribution in [0.1, 0.15) is 38.7 Å². The lowest BCUT2D eigenvalue weighted by Gasteiger charge is -2.32. The highest BCUT2D eigenvalue weighted by Gasteiger charge is 2.64. The second-order valence-electron chi connectivity index (χ2n) is 7.10. The molecule has 0 saturated heterocycles. The topological polar surface area (TPSA) is 55.4 Å². The Morgan fingerprint density at radius 3 is 2.55 bits per heavy atom. The zero-order valence-electron chi connectivity index (χ0n) is 13.4. The molecule has 22 heavy (non-hydrogen) atoms. The number of hydrogen-bond donors (Lipinski definition) is 1. The molecule has 1 aromatic carbocycles. The van der Waals surface area contributed by atoms with E-state index >= 15 is 0 Å². The summed E-state index contributed by atoms with van der Waals surface area (Å²) in [6.07, 6.45) is 2.40. The van der Waals surface area contributed by atoms with Gasteiger partial charge in [0.1, 0.15) is 11.2 Å². The number of benzene rings is 1. The molecule has 2 aliphatic rings. The highest BCUT2D eigenvalue weighted by molar-refractivity contribution is 6.10. The van der Waals surface area contributed by atoms with Gasteiger partial charge in [-0.15, -0.1) is 0 Å². The molecule has 1 N–H and O–H groups in total. The number of ketones is 1. The predicted octanol–water partition coefficient (Wildman–Crippen LogP) is 2.71. The highest BCUT2D eigenvalue weighted by Crippen LogP contribution is 2.60. The average Bonchev–Trinajstić information content (AvgIpc) is 3.05. The molecule has 0 radical (unpaired) electrons. The number of carbonyl (C=O) groups is 2. The molecule has 0 unspecified atom stereocenters. The Kier molecular flexibility index (Phi) is 3.50. The maximum atomic E-state index is 12.7. The fourth-order valence-electron chi connectivity index (χ4n) is 4.07. The van der Waals surface area contributed by atoms with Crippen molar-refractivity contribution in [2.45, 2.75) is 39.7 Å². The fourth-order valence-corrected chi connectivity index (χ4v) is 4.07. The minimum atomic E-state index is -0.777. The first-order valence-corrected chi connectivity index (χ1v) is 7.86. The van der Waals surface area contributed by atoms with Crippen LogP contribution in [-0.4, -0.2) is 18.8 Å². The Labute approximate surface area is 131 Å². The van der Waals surface area contributed by atoms with Crippen molar-refractivity contribution in [2.75, 3.05) is 7.11 Å². The smallest absolute Gasteiger partial charge is 0.233 e. The first-order chi connectivity index (χ1) is 10.4. The SMILES string of the molecule is COc1ccc(CNC(=O)[C@@]23CC[C@H](C2)C(C)(C)C3=O)cc1. The molecule has 2 saturated carbocycles. The molecular weight excluding hydrogens is 278 g/mol. The van der Waals surface area contributed by atoms with E-state index in [0.717, 1.165) is 17.7 Å². The average molecular weight is 301 g/mol. The van der Waals surface area contributed by atoms with Crippen LogP contribution < -0.4 is 10.1 Å². The van der Waals surface area contributed by atoms with Crippen molar-refractivity contribution < 1.29 is 14.3 Å². The van der Waals surface area contributed by atoms with Crippen LogP contribution in [0.25, 0.3) is 0 Å². The third-order valence-corrected chi connectivity index (χ3v) is 5.60. The Hall–Kier alpha value is -1.84. The standard InChI is InChI=1S/C18H23NO3/c1-17(2)13-8-9-18(10-13,15(17)20)16(21)19-11-12-4-6-14(22-3)7-5-12/h4-7,13H,8-11H2,1-3H3,(H,19,21)/t13-,18+/m1/s1. The van der Waals surface area contributed by atoms with Crippen molar-refractivity contribution in [1.82, 2.24) is 5.32 Å². The van der Waals surface area contributed by atoms with Gasteiger partial charge in [0, 0.05) is 12.0 Å². The van der Waals surface area contributed by atoms with Gasteiger partial charge in [-0.3, -0.25) is 9.59 Å². The van der Waals surface area contributed by atoms with E-state index in [-0.39, 0.29) is 17.1 Å². The molecular formula is C18H23NO3. The molecule has 2 fully saturated rings. The lowest BCUT2D eigenvalue weighted by Crippen LogP contribution is -2.47. The predicted molar refractivity (Wildman–Crippen MR) is 83.4 cm³/mol. The number of amides is 1. The number of rotatable bonds is 4. The summed E-state index contributed by atoms with van der Waals surface area (Å²) in [5, 5.41) is 2.96. The molecule has 1 aromatic rings. The van der Waals surface area contributed by atoms with Gasteiger partial charge in [0.15, 0.2) is 5.78 Å². The Balaban J connectivity index is 1.68. The quantitative estimate of drug-likeness (QED) is 0.870. The maximum Gasteiger partial charge on any atom is 0.233 e. The number of hydrogen-bond acceptors (Lipinski definition) is 3. The lowest BCUT2D eigenvalue weighted by molar-refractivity contribution is -0.145. The van der Waals surface area contributed by atoms with Crippen molar-refractivity contribution in [3.63, 3.8) is 0 Å². The van der Waals surface area contributed by atoms with Gasteiger partial charge in [-0.1, -0.05) is 26.0 Å². The van der Waals surface area contributed by atoms with Crippen molar-refractivity contribution in [2.24, 2.45) is 16.7 Å². The fraction of sp³-hybridized carbons (Fsp3) is 0.556. The number of methoxy groups -OCH3 is 1. The molecule has 1 amide bonds. The Morgan fingerprint density at radius 2 is 2.00 bits per heavy atom. The minimum Gasteiger partial charge on any atom is -0.497 e. The van der Waals surface area contributed by atoms with E-state index in [1.54, 1.807) is 7.11 Å². The van der Waals surface area contributed by atoms with Crippen LogP contribution >= 0.6 is 0 Å². The van der Waals surface area contributed by atoms with Crippen LogP contribution in [0.15, 0.2) is 24.3 Å². The Bertz CT molecular complexity index is 605. The molecule has 2 bridgehead atoms. The van der Waals surface area contributed by atoms with Crippen LogP contribution in [0.3, 0.4) is 0 Å². The zero-order chi connectivity index (χ0) is 16.0. The van der Waals surface area contributed by atoms with Gasteiger partial charge in [0.25, 0.3) is 0 Å². The van der Waals surface area contributed by atoms with E-state index in [1.165, 1.54) is 0 Å². The number of Topliss-reactive ketones (excluding diaryl/α,β-unsaturated/α-hetero) is 1. The van der Waals surface area contributed by atoms with Crippen LogP contribution in [0.4, 0.5) is 0 Å². The van der Waals surface area contributed by atoms with Gasteiger partial charge in [-0.25, -0.2) is 0 Å². The number of carbonyl (C=O) groups excluding carboxylic acids is 2. The molecule has 0 aliphatic heterocycles. The highest BCUT2D eigenvalue weighted by atomic mass is 16.5. The van der Waals surface area contributed by atoms with Gasteiger partial charge < -0.3 is 10.1 Å². The summed E-state index contributed by atoms with van der Waals surface area (Å²) in [5.74, 6) is 1.18. The second kappa shape index (κ2) is 5.11. The molecule has 0 heterocycles. The van der Waals surface area contributed by atoms with Crippen LogP contribution in [0.2, 0.25) is 0 Å².